The van der Waals surface area contributed by atoms with Crippen molar-refractivity contribution >= 4 is 29.1 Å². The molecule has 0 saturated carbocycles. The zero-order valence-corrected chi connectivity index (χ0v) is 20.4. The van der Waals surface area contributed by atoms with Crippen LogP contribution in [0.4, 0.5) is 11.4 Å². The summed E-state index contributed by atoms with van der Waals surface area (Å²) >= 11 is 0. The molecule has 0 bridgehead atoms. The first-order valence-electron chi connectivity index (χ1n) is 12.3. The van der Waals surface area contributed by atoms with Gasteiger partial charge in [-0.15, -0.1) is 0 Å². The third-order valence-corrected chi connectivity index (χ3v) is 6.13. The van der Waals surface area contributed by atoms with Crippen LogP contribution in [0.25, 0.3) is 0 Å². The Balaban J connectivity index is 1.34. The first-order valence-corrected chi connectivity index (χ1v) is 12.3. The van der Waals surface area contributed by atoms with Crippen molar-refractivity contribution < 1.29 is 18.8 Å². The number of nitrogens with zero attached hydrogens (tertiary/aromatic N) is 1. The van der Waals surface area contributed by atoms with Crippen LogP contribution in [0, 0.1) is 0 Å². The Morgan fingerprint density at radius 3 is 2.44 bits per heavy atom. The van der Waals surface area contributed by atoms with Gasteiger partial charge >= 0.3 is 0 Å². The molecule has 1 saturated heterocycles. The minimum absolute atomic E-state index is 0.101. The van der Waals surface area contributed by atoms with E-state index in [1.54, 1.807) is 19.1 Å². The number of benzene rings is 2. The Bertz CT molecular complexity index is 1160. The molecule has 3 N–H and O–H groups in total. The van der Waals surface area contributed by atoms with Crippen molar-refractivity contribution in [3.63, 3.8) is 0 Å². The van der Waals surface area contributed by atoms with Crippen LogP contribution >= 0.6 is 0 Å². The van der Waals surface area contributed by atoms with Crippen LogP contribution < -0.4 is 20.9 Å². The molecule has 0 spiro atoms. The van der Waals surface area contributed by atoms with Gasteiger partial charge in [0.15, 0.2) is 5.76 Å². The third-order valence-electron chi connectivity index (χ3n) is 6.13. The van der Waals surface area contributed by atoms with Crippen molar-refractivity contribution in [1.29, 1.82) is 0 Å². The fourth-order valence-electron chi connectivity index (χ4n) is 4.34. The lowest BCUT2D eigenvalue weighted by molar-refractivity contribution is -0.124. The molecule has 1 aliphatic rings. The van der Waals surface area contributed by atoms with E-state index in [0.29, 0.717) is 6.42 Å². The number of carbonyl (C=O) groups is 3. The van der Waals surface area contributed by atoms with E-state index in [1.807, 2.05) is 54.6 Å². The van der Waals surface area contributed by atoms with Crippen LogP contribution in [-0.2, 0) is 16.0 Å². The van der Waals surface area contributed by atoms with Gasteiger partial charge in [-0.1, -0.05) is 36.4 Å². The summed E-state index contributed by atoms with van der Waals surface area (Å²) in [6.45, 7) is 3.83. The van der Waals surface area contributed by atoms with E-state index in [0.717, 1.165) is 30.0 Å². The van der Waals surface area contributed by atoms with Crippen molar-refractivity contribution in [2.75, 3.05) is 23.3 Å². The van der Waals surface area contributed by atoms with Crippen LogP contribution in [0.3, 0.4) is 0 Å². The Labute approximate surface area is 211 Å². The van der Waals surface area contributed by atoms with Gasteiger partial charge in [-0.25, -0.2) is 0 Å². The summed E-state index contributed by atoms with van der Waals surface area (Å²) in [5.74, 6) is -0.903. The Morgan fingerprint density at radius 1 is 0.944 bits per heavy atom. The molecule has 4 rings (SSSR count). The molecule has 8 heteroatoms. The number of furan rings is 1. The summed E-state index contributed by atoms with van der Waals surface area (Å²) in [6.07, 6.45) is 4.18. The second-order valence-electron chi connectivity index (χ2n) is 9.10. The average Bonchev–Trinajstić information content (AvgIpc) is 3.59. The standard InChI is InChI=1S/C28H32N4O4/c1-20(17-26(33)30-22-11-7-12-23(19-22)32-14-5-6-15-32)29-27(34)24(18-21-9-3-2-4-10-21)31-28(35)25-13-8-16-36-25/h2-4,7-13,16,19-20,24H,5-6,14-15,17-18H2,1H3,(H,29,34)(H,30,33)(H,31,35). The summed E-state index contributed by atoms with van der Waals surface area (Å²) in [7, 11) is 0. The lowest BCUT2D eigenvalue weighted by Gasteiger charge is -2.21. The molecule has 0 aliphatic carbocycles. The number of nitrogens with one attached hydrogen (secondary N) is 3. The van der Waals surface area contributed by atoms with E-state index < -0.39 is 18.0 Å². The summed E-state index contributed by atoms with van der Waals surface area (Å²) in [5, 5.41) is 8.55. The normalized spacial score (nSPS) is 14.6. The molecule has 1 aliphatic heterocycles. The molecular formula is C28H32N4O4. The predicted octanol–water partition coefficient (Wildman–Crippen LogP) is 3.75. The number of anilines is 2. The van der Waals surface area contributed by atoms with E-state index in [2.05, 4.69) is 20.9 Å². The van der Waals surface area contributed by atoms with Gasteiger partial charge in [0.1, 0.15) is 6.04 Å². The van der Waals surface area contributed by atoms with Crippen molar-refractivity contribution in [1.82, 2.24) is 10.6 Å². The van der Waals surface area contributed by atoms with E-state index >= 15 is 0 Å². The third kappa shape index (κ3) is 6.97. The molecular weight excluding hydrogens is 456 g/mol. The van der Waals surface area contributed by atoms with Crippen LogP contribution in [0.15, 0.2) is 77.4 Å². The second kappa shape index (κ2) is 12.1. The lowest BCUT2D eigenvalue weighted by atomic mass is 10.0. The maximum Gasteiger partial charge on any atom is 0.287 e. The molecule has 2 atom stereocenters. The Morgan fingerprint density at radius 2 is 1.72 bits per heavy atom. The summed E-state index contributed by atoms with van der Waals surface area (Å²) in [5.41, 5.74) is 2.74. The topological polar surface area (TPSA) is 104 Å². The van der Waals surface area contributed by atoms with Gasteiger partial charge < -0.3 is 25.3 Å². The van der Waals surface area contributed by atoms with E-state index in [-0.39, 0.29) is 24.0 Å². The quantitative estimate of drug-likeness (QED) is 0.403. The molecule has 1 fully saturated rings. The molecule has 0 radical (unpaired) electrons. The van der Waals surface area contributed by atoms with Crippen molar-refractivity contribution in [3.8, 4) is 0 Å². The minimum Gasteiger partial charge on any atom is -0.459 e. The van der Waals surface area contributed by atoms with E-state index in [9.17, 15) is 14.4 Å². The van der Waals surface area contributed by atoms with Gasteiger partial charge in [0, 0.05) is 43.3 Å². The summed E-state index contributed by atoms with van der Waals surface area (Å²) in [6, 6.07) is 19.2. The minimum atomic E-state index is -0.826. The van der Waals surface area contributed by atoms with Gasteiger partial charge in [0.05, 0.1) is 6.26 Å². The molecule has 2 heterocycles. The fraction of sp³-hybridized carbons (Fsp3) is 0.321. The molecule has 8 nitrogen and oxygen atoms in total. The highest BCUT2D eigenvalue weighted by Crippen LogP contribution is 2.23. The fourth-order valence-corrected chi connectivity index (χ4v) is 4.34. The van der Waals surface area contributed by atoms with Gasteiger partial charge in [-0.3, -0.25) is 14.4 Å². The second-order valence-corrected chi connectivity index (χ2v) is 9.10. The average molecular weight is 489 g/mol. The zero-order valence-electron chi connectivity index (χ0n) is 20.4. The highest BCUT2D eigenvalue weighted by molar-refractivity contribution is 5.96. The summed E-state index contributed by atoms with van der Waals surface area (Å²) < 4.78 is 5.16. The first-order chi connectivity index (χ1) is 17.5. The lowest BCUT2D eigenvalue weighted by Crippen LogP contribution is -2.50. The van der Waals surface area contributed by atoms with Gasteiger partial charge in [0.2, 0.25) is 11.8 Å². The molecule has 188 valence electrons. The maximum absolute atomic E-state index is 13.1. The van der Waals surface area contributed by atoms with Crippen LogP contribution in [-0.4, -0.2) is 42.9 Å². The molecule has 1 aromatic heterocycles. The van der Waals surface area contributed by atoms with Gasteiger partial charge in [0.25, 0.3) is 5.91 Å². The Hall–Kier alpha value is -4.07. The van der Waals surface area contributed by atoms with Gasteiger partial charge in [-0.05, 0) is 55.7 Å². The maximum atomic E-state index is 13.1. The highest BCUT2D eigenvalue weighted by Gasteiger charge is 2.25. The van der Waals surface area contributed by atoms with Crippen molar-refractivity contribution in [3.05, 3.63) is 84.3 Å². The molecule has 2 unspecified atom stereocenters. The number of amides is 3. The summed E-state index contributed by atoms with van der Waals surface area (Å²) in [4.78, 5) is 40.6. The highest BCUT2D eigenvalue weighted by atomic mass is 16.3. The molecule has 3 aromatic rings. The zero-order chi connectivity index (χ0) is 25.3. The molecule has 2 aromatic carbocycles. The SMILES string of the molecule is CC(CC(=O)Nc1cccc(N2CCCC2)c1)NC(=O)C(Cc1ccccc1)NC(=O)c1ccco1. The predicted molar refractivity (Wildman–Crippen MR) is 139 cm³/mol. The largest absolute Gasteiger partial charge is 0.459 e. The smallest absolute Gasteiger partial charge is 0.287 e. The van der Waals surface area contributed by atoms with E-state index in [1.165, 1.54) is 19.1 Å². The number of hydrogen-bond acceptors (Lipinski definition) is 5. The first kappa shape index (κ1) is 25.0. The molecule has 36 heavy (non-hydrogen) atoms. The monoisotopic (exact) mass is 488 g/mol. The van der Waals surface area contributed by atoms with E-state index in [4.69, 9.17) is 4.42 Å². The van der Waals surface area contributed by atoms with Gasteiger partial charge in [-0.2, -0.15) is 0 Å². The number of rotatable bonds is 10. The number of hydrogen-bond donors (Lipinski definition) is 3. The Kier molecular flexibility index (Phi) is 8.39. The van der Waals surface area contributed by atoms with Crippen LogP contribution in [0.2, 0.25) is 0 Å². The van der Waals surface area contributed by atoms with Crippen LogP contribution in [0.5, 0.6) is 0 Å². The molecule has 3 amide bonds. The number of carbonyl (C=O) groups excluding carboxylic acids is 3. The van der Waals surface area contributed by atoms with Crippen molar-refractivity contribution in [2.24, 2.45) is 0 Å². The van der Waals surface area contributed by atoms with Crippen LogP contribution in [0.1, 0.15) is 42.3 Å². The van der Waals surface area contributed by atoms with Crippen molar-refractivity contribution in [2.45, 2.75) is 44.7 Å².